The SMILES string of the molecule is CCC1(CC)c2ccccc2-c2cc(Br)ccc21. The van der Waals surface area contributed by atoms with E-state index in [1.807, 2.05) is 0 Å². The zero-order valence-electron chi connectivity index (χ0n) is 10.8. The summed E-state index contributed by atoms with van der Waals surface area (Å²) in [6, 6.07) is 15.6. The lowest BCUT2D eigenvalue weighted by Crippen LogP contribution is -2.22. The van der Waals surface area contributed by atoms with Crippen molar-refractivity contribution < 1.29 is 0 Å². The van der Waals surface area contributed by atoms with Crippen molar-refractivity contribution in [3.63, 3.8) is 0 Å². The van der Waals surface area contributed by atoms with Crippen molar-refractivity contribution in [3.05, 3.63) is 58.1 Å². The Morgan fingerprint density at radius 3 is 2.28 bits per heavy atom. The van der Waals surface area contributed by atoms with Gasteiger partial charge in [-0.05, 0) is 47.2 Å². The first-order valence-corrected chi connectivity index (χ1v) is 7.42. The number of hydrogen-bond acceptors (Lipinski definition) is 0. The van der Waals surface area contributed by atoms with Gasteiger partial charge in [0, 0.05) is 9.89 Å². The van der Waals surface area contributed by atoms with Crippen LogP contribution in [0, 0.1) is 0 Å². The van der Waals surface area contributed by atoms with E-state index in [4.69, 9.17) is 0 Å². The molecule has 1 heteroatoms. The van der Waals surface area contributed by atoms with Crippen LogP contribution in [-0.4, -0.2) is 0 Å². The van der Waals surface area contributed by atoms with Crippen molar-refractivity contribution in [2.24, 2.45) is 0 Å². The Morgan fingerprint density at radius 2 is 1.56 bits per heavy atom. The number of rotatable bonds is 2. The summed E-state index contributed by atoms with van der Waals surface area (Å²) in [6.07, 6.45) is 2.32. The molecule has 0 nitrogen and oxygen atoms in total. The summed E-state index contributed by atoms with van der Waals surface area (Å²) in [5.41, 5.74) is 6.04. The molecule has 92 valence electrons. The Bertz CT molecular complexity index is 594. The van der Waals surface area contributed by atoms with Gasteiger partial charge in [-0.15, -0.1) is 0 Å². The average molecular weight is 301 g/mol. The lowest BCUT2D eigenvalue weighted by molar-refractivity contribution is 0.490. The largest absolute Gasteiger partial charge is 0.0642 e. The molecule has 0 N–H and O–H groups in total. The number of benzene rings is 2. The molecule has 0 spiro atoms. The van der Waals surface area contributed by atoms with Crippen LogP contribution in [0.15, 0.2) is 46.9 Å². The van der Waals surface area contributed by atoms with E-state index in [0.717, 1.165) is 12.8 Å². The van der Waals surface area contributed by atoms with Crippen molar-refractivity contribution >= 4 is 15.9 Å². The Kier molecular flexibility index (Phi) is 2.82. The van der Waals surface area contributed by atoms with Crippen molar-refractivity contribution in [3.8, 4) is 11.1 Å². The van der Waals surface area contributed by atoms with Crippen molar-refractivity contribution in [1.29, 1.82) is 0 Å². The summed E-state index contributed by atoms with van der Waals surface area (Å²) >= 11 is 3.60. The molecule has 0 radical (unpaired) electrons. The van der Waals surface area contributed by atoms with Crippen LogP contribution in [0.4, 0.5) is 0 Å². The average Bonchev–Trinajstić information content (AvgIpc) is 2.69. The molecule has 2 aromatic rings. The topological polar surface area (TPSA) is 0 Å². The highest BCUT2D eigenvalue weighted by atomic mass is 79.9. The lowest BCUT2D eigenvalue weighted by Gasteiger charge is -2.29. The van der Waals surface area contributed by atoms with E-state index >= 15 is 0 Å². The van der Waals surface area contributed by atoms with E-state index in [1.165, 1.54) is 26.7 Å². The minimum absolute atomic E-state index is 0.215. The van der Waals surface area contributed by atoms with Gasteiger partial charge in [0.25, 0.3) is 0 Å². The van der Waals surface area contributed by atoms with E-state index in [9.17, 15) is 0 Å². The molecule has 0 aliphatic heterocycles. The lowest BCUT2D eigenvalue weighted by atomic mass is 9.74. The summed E-state index contributed by atoms with van der Waals surface area (Å²) in [5, 5.41) is 0. The highest BCUT2D eigenvalue weighted by molar-refractivity contribution is 9.10. The Labute approximate surface area is 117 Å². The van der Waals surface area contributed by atoms with Gasteiger partial charge in [-0.2, -0.15) is 0 Å². The smallest absolute Gasteiger partial charge is 0.0210 e. The molecular formula is C17H17Br. The van der Waals surface area contributed by atoms with Crippen LogP contribution in [0.25, 0.3) is 11.1 Å². The predicted octanol–water partition coefficient (Wildman–Crippen LogP) is 5.54. The molecule has 3 rings (SSSR count). The maximum Gasteiger partial charge on any atom is 0.0210 e. The summed E-state index contributed by atoms with van der Waals surface area (Å²) in [5.74, 6) is 0. The van der Waals surface area contributed by atoms with Gasteiger partial charge < -0.3 is 0 Å². The number of hydrogen-bond donors (Lipinski definition) is 0. The molecule has 18 heavy (non-hydrogen) atoms. The van der Waals surface area contributed by atoms with Gasteiger partial charge in [0.15, 0.2) is 0 Å². The summed E-state index contributed by atoms with van der Waals surface area (Å²) in [6.45, 7) is 4.61. The fraction of sp³-hybridized carbons (Fsp3) is 0.294. The van der Waals surface area contributed by atoms with Crippen LogP contribution in [0.3, 0.4) is 0 Å². The third-order valence-corrected chi connectivity index (χ3v) is 4.93. The molecule has 1 aliphatic rings. The van der Waals surface area contributed by atoms with Gasteiger partial charge in [0.2, 0.25) is 0 Å². The maximum absolute atomic E-state index is 3.60. The van der Waals surface area contributed by atoms with Crippen LogP contribution >= 0.6 is 15.9 Å². The number of halogens is 1. The minimum atomic E-state index is 0.215. The van der Waals surface area contributed by atoms with E-state index in [1.54, 1.807) is 0 Å². The molecule has 0 saturated heterocycles. The van der Waals surface area contributed by atoms with E-state index in [2.05, 4.69) is 72.2 Å². The van der Waals surface area contributed by atoms with Gasteiger partial charge in [-0.3, -0.25) is 0 Å². The fourth-order valence-corrected chi connectivity index (χ4v) is 3.81. The Morgan fingerprint density at radius 1 is 0.889 bits per heavy atom. The Hall–Kier alpha value is -1.08. The molecule has 0 fully saturated rings. The van der Waals surface area contributed by atoms with Crippen LogP contribution in [0.1, 0.15) is 37.8 Å². The van der Waals surface area contributed by atoms with Gasteiger partial charge in [0.1, 0.15) is 0 Å². The van der Waals surface area contributed by atoms with Crippen molar-refractivity contribution in [2.45, 2.75) is 32.1 Å². The van der Waals surface area contributed by atoms with Crippen LogP contribution in [-0.2, 0) is 5.41 Å². The minimum Gasteiger partial charge on any atom is -0.0642 e. The standard InChI is InChI=1S/C17H17Br/c1-3-17(4-2)15-8-6-5-7-13(15)14-11-12(18)9-10-16(14)17/h5-11H,3-4H2,1-2H3. The summed E-state index contributed by atoms with van der Waals surface area (Å²) in [7, 11) is 0. The molecule has 0 heterocycles. The number of fused-ring (bicyclic) bond motifs is 3. The van der Waals surface area contributed by atoms with Gasteiger partial charge in [-0.1, -0.05) is 60.1 Å². The van der Waals surface area contributed by atoms with Crippen LogP contribution in [0.2, 0.25) is 0 Å². The second-order valence-corrected chi connectivity index (χ2v) is 5.94. The second kappa shape index (κ2) is 4.24. The zero-order valence-corrected chi connectivity index (χ0v) is 12.4. The monoisotopic (exact) mass is 300 g/mol. The third-order valence-electron chi connectivity index (χ3n) is 4.44. The van der Waals surface area contributed by atoms with Gasteiger partial charge >= 0.3 is 0 Å². The van der Waals surface area contributed by atoms with Crippen molar-refractivity contribution in [2.75, 3.05) is 0 Å². The third kappa shape index (κ3) is 1.43. The maximum atomic E-state index is 3.60. The first kappa shape index (κ1) is 12.0. The highest BCUT2D eigenvalue weighted by Crippen LogP contribution is 2.52. The zero-order chi connectivity index (χ0) is 12.8. The first-order chi connectivity index (χ1) is 8.73. The predicted molar refractivity (Wildman–Crippen MR) is 80.9 cm³/mol. The molecule has 0 aromatic heterocycles. The molecule has 0 bridgehead atoms. The highest BCUT2D eigenvalue weighted by Gasteiger charge is 2.39. The summed E-state index contributed by atoms with van der Waals surface area (Å²) in [4.78, 5) is 0. The van der Waals surface area contributed by atoms with E-state index < -0.39 is 0 Å². The van der Waals surface area contributed by atoms with E-state index in [0.29, 0.717) is 0 Å². The molecule has 1 aliphatic carbocycles. The van der Waals surface area contributed by atoms with Crippen LogP contribution in [0.5, 0.6) is 0 Å². The summed E-state index contributed by atoms with van der Waals surface area (Å²) < 4.78 is 1.17. The molecule has 0 saturated carbocycles. The quantitative estimate of drug-likeness (QED) is 0.683. The molecular weight excluding hydrogens is 284 g/mol. The van der Waals surface area contributed by atoms with Gasteiger partial charge in [0.05, 0.1) is 0 Å². The molecule has 0 amide bonds. The normalized spacial score (nSPS) is 15.3. The van der Waals surface area contributed by atoms with Gasteiger partial charge in [-0.25, -0.2) is 0 Å². The molecule has 0 unspecified atom stereocenters. The Balaban J connectivity index is 2.38. The molecule has 2 aromatic carbocycles. The second-order valence-electron chi connectivity index (χ2n) is 5.02. The van der Waals surface area contributed by atoms with E-state index in [-0.39, 0.29) is 5.41 Å². The molecule has 0 atom stereocenters. The fourth-order valence-electron chi connectivity index (χ4n) is 3.45. The van der Waals surface area contributed by atoms with Crippen molar-refractivity contribution in [1.82, 2.24) is 0 Å². The van der Waals surface area contributed by atoms with Crippen LogP contribution < -0.4 is 0 Å². The first-order valence-electron chi connectivity index (χ1n) is 6.63.